The zero-order valence-electron chi connectivity index (χ0n) is 12.9. The van der Waals surface area contributed by atoms with E-state index < -0.39 is 5.41 Å². The summed E-state index contributed by atoms with van der Waals surface area (Å²) in [6.07, 6.45) is 1.55. The Hall–Kier alpha value is -2.06. The van der Waals surface area contributed by atoms with Crippen molar-refractivity contribution in [2.45, 2.75) is 27.3 Å². The number of thioether (sulfide) groups is 1. The molecule has 1 aromatic carbocycles. The number of benzene rings is 1. The lowest BCUT2D eigenvalue weighted by Gasteiger charge is -2.19. The highest BCUT2D eigenvalue weighted by Crippen LogP contribution is 2.32. The van der Waals surface area contributed by atoms with Crippen LogP contribution in [0.5, 0.6) is 0 Å². The first-order valence-corrected chi connectivity index (χ1v) is 7.99. The quantitative estimate of drug-likeness (QED) is 0.804. The van der Waals surface area contributed by atoms with Crippen LogP contribution in [-0.2, 0) is 16.1 Å². The minimum absolute atomic E-state index is 0.0109. The fraction of sp³-hybridized carbons (Fsp3) is 0.353. The summed E-state index contributed by atoms with van der Waals surface area (Å²) in [5, 5.41) is 9.81. The highest BCUT2D eigenvalue weighted by molar-refractivity contribution is 8.04. The van der Waals surface area contributed by atoms with Crippen molar-refractivity contribution in [3.05, 3.63) is 46.5 Å². The predicted octanol–water partition coefficient (Wildman–Crippen LogP) is 3.09. The Morgan fingerprint density at radius 3 is 2.73 bits per heavy atom. The first-order valence-electron chi connectivity index (χ1n) is 7.00. The Labute approximate surface area is 134 Å². The van der Waals surface area contributed by atoms with E-state index in [1.54, 1.807) is 23.1 Å². The van der Waals surface area contributed by atoms with E-state index in [4.69, 9.17) is 5.26 Å². The molecule has 5 heteroatoms. The molecule has 0 unspecified atom stereocenters. The molecule has 1 aromatic rings. The van der Waals surface area contributed by atoms with Gasteiger partial charge in [-0.1, -0.05) is 50.7 Å². The van der Waals surface area contributed by atoms with Crippen LogP contribution in [0.3, 0.4) is 0 Å². The summed E-state index contributed by atoms with van der Waals surface area (Å²) in [6, 6.07) is 9.33. The SMILES string of the molecule is CC(C)(C)C(=O)/C=C1\SCC(=O)N1Cc1ccccc1C#N. The van der Waals surface area contributed by atoms with Gasteiger partial charge in [0.2, 0.25) is 5.91 Å². The molecule has 0 saturated carbocycles. The maximum absolute atomic E-state index is 12.2. The van der Waals surface area contributed by atoms with Crippen LogP contribution < -0.4 is 0 Å². The number of nitriles is 1. The smallest absolute Gasteiger partial charge is 0.238 e. The first-order chi connectivity index (χ1) is 10.3. The van der Waals surface area contributed by atoms with Crippen molar-refractivity contribution in [3.63, 3.8) is 0 Å². The lowest BCUT2D eigenvalue weighted by molar-refractivity contribution is -0.125. The van der Waals surface area contributed by atoms with Crippen molar-refractivity contribution in [2.24, 2.45) is 5.41 Å². The zero-order valence-corrected chi connectivity index (χ0v) is 13.7. The second-order valence-corrected chi connectivity index (χ2v) is 7.13. The Morgan fingerprint density at radius 2 is 2.09 bits per heavy atom. The predicted molar refractivity (Wildman–Crippen MR) is 86.7 cm³/mol. The molecule has 0 bridgehead atoms. The second-order valence-electron chi connectivity index (χ2n) is 6.13. The number of nitrogens with zero attached hydrogens (tertiary/aromatic N) is 2. The summed E-state index contributed by atoms with van der Waals surface area (Å²) in [4.78, 5) is 25.8. The van der Waals surface area contributed by atoms with E-state index in [2.05, 4.69) is 6.07 Å². The van der Waals surface area contributed by atoms with Crippen LogP contribution >= 0.6 is 11.8 Å². The molecule has 1 saturated heterocycles. The molecular weight excluding hydrogens is 296 g/mol. The average Bonchev–Trinajstić information content (AvgIpc) is 2.80. The van der Waals surface area contributed by atoms with Gasteiger partial charge in [-0.25, -0.2) is 0 Å². The van der Waals surface area contributed by atoms with Gasteiger partial charge in [0.25, 0.3) is 0 Å². The van der Waals surface area contributed by atoms with Gasteiger partial charge in [0.05, 0.1) is 29.0 Å². The molecular formula is C17H18N2O2S. The number of carbonyl (C=O) groups is 2. The minimum Gasteiger partial charge on any atom is -0.301 e. The van der Waals surface area contributed by atoms with Crippen molar-refractivity contribution in [3.8, 4) is 6.07 Å². The van der Waals surface area contributed by atoms with Crippen molar-refractivity contribution in [2.75, 3.05) is 5.75 Å². The largest absolute Gasteiger partial charge is 0.301 e. The Kier molecular flexibility index (Phi) is 4.72. The Bertz CT molecular complexity index is 681. The maximum Gasteiger partial charge on any atom is 0.238 e. The van der Waals surface area contributed by atoms with Crippen LogP contribution in [0, 0.1) is 16.7 Å². The second kappa shape index (κ2) is 6.37. The molecule has 114 valence electrons. The molecule has 4 nitrogen and oxygen atoms in total. The number of allylic oxidation sites excluding steroid dienone is 1. The van der Waals surface area contributed by atoms with Crippen LogP contribution in [-0.4, -0.2) is 22.3 Å². The van der Waals surface area contributed by atoms with E-state index in [9.17, 15) is 9.59 Å². The third-order valence-electron chi connectivity index (χ3n) is 3.37. The van der Waals surface area contributed by atoms with Gasteiger partial charge in [0.1, 0.15) is 0 Å². The summed E-state index contributed by atoms with van der Waals surface area (Å²) >= 11 is 1.37. The van der Waals surface area contributed by atoms with Crippen molar-refractivity contribution in [1.29, 1.82) is 5.26 Å². The van der Waals surface area contributed by atoms with Gasteiger partial charge in [-0.05, 0) is 11.6 Å². The van der Waals surface area contributed by atoms with Gasteiger partial charge in [-0.2, -0.15) is 5.26 Å². The highest BCUT2D eigenvalue weighted by atomic mass is 32.2. The normalized spacial score (nSPS) is 16.9. The van der Waals surface area contributed by atoms with Gasteiger partial charge in [0.15, 0.2) is 5.78 Å². The van der Waals surface area contributed by atoms with Gasteiger partial charge in [-0.3, -0.25) is 9.59 Å². The standard InChI is InChI=1S/C17H18N2O2S/c1-17(2,3)14(20)8-16-19(15(21)11-22-16)10-13-7-5-4-6-12(13)9-18/h4-8H,10-11H2,1-3H3/b16-8-. The van der Waals surface area contributed by atoms with E-state index in [1.165, 1.54) is 11.8 Å². The van der Waals surface area contributed by atoms with E-state index in [0.29, 0.717) is 22.9 Å². The number of amides is 1. The molecule has 1 fully saturated rings. The highest BCUT2D eigenvalue weighted by Gasteiger charge is 2.29. The van der Waals surface area contributed by atoms with Crippen molar-refractivity contribution < 1.29 is 9.59 Å². The van der Waals surface area contributed by atoms with Crippen LogP contribution in [0.15, 0.2) is 35.4 Å². The van der Waals surface area contributed by atoms with E-state index in [-0.39, 0.29) is 11.7 Å². The molecule has 0 aromatic heterocycles. The minimum atomic E-state index is -0.477. The maximum atomic E-state index is 12.2. The van der Waals surface area contributed by atoms with E-state index in [0.717, 1.165) is 5.56 Å². The molecule has 0 atom stereocenters. The van der Waals surface area contributed by atoms with Gasteiger partial charge >= 0.3 is 0 Å². The number of ketones is 1. The van der Waals surface area contributed by atoms with E-state index >= 15 is 0 Å². The monoisotopic (exact) mass is 314 g/mol. The lowest BCUT2D eigenvalue weighted by atomic mass is 9.91. The topological polar surface area (TPSA) is 61.2 Å². The molecule has 1 amide bonds. The van der Waals surface area contributed by atoms with Crippen LogP contribution in [0.1, 0.15) is 31.9 Å². The fourth-order valence-corrected chi connectivity index (χ4v) is 2.91. The van der Waals surface area contributed by atoms with Gasteiger partial charge in [0, 0.05) is 11.5 Å². The molecule has 22 heavy (non-hydrogen) atoms. The molecule has 0 radical (unpaired) electrons. The van der Waals surface area contributed by atoms with Crippen LogP contribution in [0.25, 0.3) is 0 Å². The summed E-state index contributed by atoms with van der Waals surface area (Å²) in [5.74, 6) is 0.284. The van der Waals surface area contributed by atoms with Crippen molar-refractivity contribution >= 4 is 23.5 Å². The summed E-state index contributed by atoms with van der Waals surface area (Å²) in [5.41, 5.74) is 0.860. The van der Waals surface area contributed by atoms with Crippen LogP contribution in [0.4, 0.5) is 0 Å². The third kappa shape index (κ3) is 3.58. The van der Waals surface area contributed by atoms with Gasteiger partial charge < -0.3 is 4.90 Å². The first kappa shape index (κ1) is 16.3. The number of rotatable bonds is 3. The summed E-state index contributed by atoms with van der Waals surface area (Å²) in [6.45, 7) is 5.87. The summed E-state index contributed by atoms with van der Waals surface area (Å²) < 4.78 is 0. The molecule has 0 aliphatic carbocycles. The Morgan fingerprint density at radius 1 is 1.41 bits per heavy atom. The fourth-order valence-electron chi connectivity index (χ4n) is 1.97. The molecule has 0 spiro atoms. The molecule has 2 rings (SSSR count). The number of carbonyl (C=O) groups excluding carboxylic acids is 2. The lowest BCUT2D eigenvalue weighted by Crippen LogP contribution is -2.26. The molecule has 1 heterocycles. The van der Waals surface area contributed by atoms with Crippen molar-refractivity contribution in [1.82, 2.24) is 4.90 Å². The van der Waals surface area contributed by atoms with Crippen LogP contribution in [0.2, 0.25) is 0 Å². The van der Waals surface area contributed by atoms with E-state index in [1.807, 2.05) is 32.9 Å². The van der Waals surface area contributed by atoms with Gasteiger partial charge in [-0.15, -0.1) is 0 Å². The molecule has 1 aliphatic heterocycles. The molecule has 1 aliphatic rings. The summed E-state index contributed by atoms with van der Waals surface area (Å²) in [7, 11) is 0. The Balaban J connectivity index is 2.28. The average molecular weight is 314 g/mol. The number of hydrogen-bond donors (Lipinski definition) is 0. The number of hydrogen-bond acceptors (Lipinski definition) is 4. The zero-order chi connectivity index (χ0) is 16.3. The third-order valence-corrected chi connectivity index (χ3v) is 4.40. The molecule has 0 N–H and O–H groups in total.